The zero-order chi connectivity index (χ0) is 24.5. The number of rotatable bonds is 5. The zero-order valence-corrected chi connectivity index (χ0v) is 17.2. The first-order valence-electron chi connectivity index (χ1n) is 9.51. The highest BCUT2D eigenvalue weighted by Crippen LogP contribution is 2.34. The molecule has 1 unspecified atom stereocenters. The van der Waals surface area contributed by atoms with Crippen molar-refractivity contribution in [3.8, 4) is 0 Å². The van der Waals surface area contributed by atoms with Crippen molar-refractivity contribution in [2.45, 2.75) is 44.6 Å². The van der Waals surface area contributed by atoms with Crippen LogP contribution in [-0.2, 0) is 25.2 Å². The first kappa shape index (κ1) is 24.2. The van der Waals surface area contributed by atoms with E-state index in [9.17, 15) is 36.7 Å². The number of alkyl halides is 4. The Morgan fingerprint density at radius 3 is 2.39 bits per heavy atom. The minimum absolute atomic E-state index is 0.149. The number of ether oxygens (including phenoxy) is 3. The molecule has 178 valence electrons. The number of halogens is 4. The second-order valence-corrected chi connectivity index (χ2v) is 7.26. The molecule has 1 fully saturated rings. The molecule has 1 saturated heterocycles. The third kappa shape index (κ3) is 5.30. The third-order valence-corrected chi connectivity index (χ3v) is 4.78. The average molecular weight is 474 g/mol. The number of aromatic amines is 1. The van der Waals surface area contributed by atoms with Gasteiger partial charge in [-0.2, -0.15) is 13.2 Å². The molecule has 1 aromatic carbocycles. The van der Waals surface area contributed by atoms with Gasteiger partial charge in [0.15, 0.2) is 18.5 Å². The predicted octanol–water partition coefficient (Wildman–Crippen LogP) is 1.89. The first-order chi connectivity index (χ1) is 15.4. The van der Waals surface area contributed by atoms with Crippen LogP contribution in [0.2, 0.25) is 0 Å². The molecule has 1 N–H and O–H groups in total. The fourth-order valence-corrected chi connectivity index (χ4v) is 3.18. The number of H-pyrrole nitrogens is 1. The molecule has 0 aliphatic carbocycles. The molecule has 2 aromatic rings. The monoisotopic (exact) mass is 474 g/mol. The Morgan fingerprint density at radius 1 is 1.18 bits per heavy atom. The summed E-state index contributed by atoms with van der Waals surface area (Å²) in [6.45, 7) is 2.03. The van der Waals surface area contributed by atoms with Crippen LogP contribution in [0.3, 0.4) is 0 Å². The lowest BCUT2D eigenvalue weighted by Gasteiger charge is -2.21. The van der Waals surface area contributed by atoms with Gasteiger partial charge in [-0.1, -0.05) is 17.7 Å². The Balaban J connectivity index is 1.87. The Labute approximate surface area is 182 Å². The van der Waals surface area contributed by atoms with Crippen LogP contribution in [0, 0.1) is 6.92 Å². The summed E-state index contributed by atoms with van der Waals surface area (Å²) in [5, 5.41) is 0. The number of hydrogen-bond donors (Lipinski definition) is 1. The first-order valence-corrected chi connectivity index (χ1v) is 9.51. The topological polar surface area (TPSA) is 117 Å². The van der Waals surface area contributed by atoms with Crippen LogP contribution in [-0.4, -0.2) is 46.5 Å². The van der Waals surface area contributed by atoms with Crippen LogP contribution in [0.25, 0.3) is 0 Å². The predicted molar refractivity (Wildman–Crippen MR) is 102 cm³/mol. The smallest absolute Gasteiger partial charge is 0.423 e. The van der Waals surface area contributed by atoms with Crippen LogP contribution in [0.4, 0.5) is 17.6 Å². The van der Waals surface area contributed by atoms with Gasteiger partial charge in [0.2, 0.25) is 0 Å². The molecule has 1 aromatic heterocycles. The number of esters is 2. The molecule has 3 rings (SSSR count). The minimum Gasteiger partial charge on any atom is -0.459 e. The largest absolute Gasteiger partial charge is 0.459 e. The lowest BCUT2D eigenvalue weighted by molar-refractivity contribution is -0.155. The van der Waals surface area contributed by atoms with Gasteiger partial charge in [-0.3, -0.25) is 19.1 Å². The van der Waals surface area contributed by atoms with Crippen molar-refractivity contribution in [3.05, 3.63) is 68.0 Å². The lowest BCUT2D eigenvalue weighted by atomic mass is 10.1. The van der Waals surface area contributed by atoms with Crippen LogP contribution < -0.4 is 11.2 Å². The van der Waals surface area contributed by atoms with Crippen LogP contribution in [0.1, 0.15) is 34.6 Å². The molecule has 1 aliphatic heterocycles. The van der Waals surface area contributed by atoms with Crippen LogP contribution in [0.5, 0.6) is 0 Å². The fraction of sp³-hybridized carbons (Fsp3) is 0.400. The van der Waals surface area contributed by atoms with Crippen molar-refractivity contribution in [1.82, 2.24) is 9.55 Å². The molecular formula is C20H18F4N2O7. The Hall–Kier alpha value is -3.48. The number of carbonyl (C=O) groups excluding carboxylic acids is 2. The molecule has 13 heteroatoms. The molecule has 0 bridgehead atoms. The summed E-state index contributed by atoms with van der Waals surface area (Å²) in [4.78, 5) is 48.7. The highest BCUT2D eigenvalue weighted by atomic mass is 19.4. The maximum absolute atomic E-state index is 15.0. The number of nitrogens with one attached hydrogen (secondary N) is 1. The summed E-state index contributed by atoms with van der Waals surface area (Å²) >= 11 is 0. The Bertz CT molecular complexity index is 1160. The van der Waals surface area contributed by atoms with Gasteiger partial charge in [-0.25, -0.2) is 14.0 Å². The van der Waals surface area contributed by atoms with E-state index in [0.717, 1.165) is 12.5 Å². The fourth-order valence-electron chi connectivity index (χ4n) is 3.18. The summed E-state index contributed by atoms with van der Waals surface area (Å²) in [6.07, 6.45) is -12.4. The normalized spacial score (nSPS) is 22.7. The molecule has 4 atom stereocenters. The second kappa shape index (κ2) is 9.17. The van der Waals surface area contributed by atoms with Crippen LogP contribution >= 0.6 is 0 Å². The van der Waals surface area contributed by atoms with Crippen molar-refractivity contribution < 1.29 is 41.4 Å². The van der Waals surface area contributed by atoms with Crippen LogP contribution in [0.15, 0.2) is 40.1 Å². The van der Waals surface area contributed by atoms with E-state index in [0.29, 0.717) is 0 Å². The van der Waals surface area contributed by atoms with Gasteiger partial charge in [0.05, 0.1) is 5.56 Å². The van der Waals surface area contributed by atoms with Crippen molar-refractivity contribution in [2.24, 2.45) is 0 Å². The summed E-state index contributed by atoms with van der Waals surface area (Å²) < 4.78 is 69.8. The molecule has 9 nitrogen and oxygen atoms in total. The number of aryl methyl sites for hydroxylation is 1. The standard InChI is InChI=1S/C20H18F4N2O7/c1-9-3-5-11(6-4-9)18(29)31-8-13-14(21)15(32-10(2)27)17(33-13)26-7-12(20(22,23)24)16(28)25-19(26)30/h3-7,13-15,17H,8H2,1-2H3,(H,25,28,30)/t13-,14?,15+,17-/m1/s1. The number of hydrogen-bond acceptors (Lipinski definition) is 7. The molecule has 0 saturated carbocycles. The summed E-state index contributed by atoms with van der Waals surface area (Å²) in [6, 6.07) is 6.24. The van der Waals surface area contributed by atoms with E-state index < -0.39 is 66.1 Å². The van der Waals surface area contributed by atoms with Gasteiger partial charge >= 0.3 is 23.8 Å². The van der Waals surface area contributed by atoms with Gasteiger partial charge in [0, 0.05) is 13.1 Å². The molecule has 2 heterocycles. The SMILES string of the molecule is CC(=O)O[C@H]1C(F)[C@@H](COC(=O)c2ccc(C)cc2)O[C@H]1n1cc(C(F)(F)F)c(=O)[nH]c1=O. The van der Waals surface area contributed by atoms with Gasteiger partial charge in [-0.15, -0.1) is 0 Å². The van der Waals surface area contributed by atoms with E-state index in [1.165, 1.54) is 17.1 Å². The average Bonchev–Trinajstić information content (AvgIpc) is 3.01. The van der Waals surface area contributed by atoms with Gasteiger partial charge in [-0.05, 0) is 19.1 Å². The van der Waals surface area contributed by atoms with E-state index in [2.05, 4.69) is 0 Å². The number of carbonyl (C=O) groups is 2. The van der Waals surface area contributed by atoms with E-state index in [-0.39, 0.29) is 16.3 Å². The number of nitrogens with zero attached hydrogens (tertiary/aromatic N) is 1. The van der Waals surface area contributed by atoms with E-state index in [1.54, 1.807) is 19.1 Å². The zero-order valence-electron chi connectivity index (χ0n) is 17.2. The molecule has 0 amide bonds. The van der Waals surface area contributed by atoms with E-state index in [4.69, 9.17) is 14.2 Å². The van der Waals surface area contributed by atoms with E-state index >= 15 is 0 Å². The summed E-state index contributed by atoms with van der Waals surface area (Å²) in [7, 11) is 0. The van der Waals surface area contributed by atoms with Crippen molar-refractivity contribution in [3.63, 3.8) is 0 Å². The molecule has 33 heavy (non-hydrogen) atoms. The quantitative estimate of drug-likeness (QED) is 0.520. The van der Waals surface area contributed by atoms with Crippen molar-refractivity contribution in [2.75, 3.05) is 6.61 Å². The minimum atomic E-state index is -5.13. The van der Waals surface area contributed by atoms with Crippen molar-refractivity contribution in [1.29, 1.82) is 0 Å². The molecule has 1 aliphatic rings. The highest BCUT2D eigenvalue weighted by molar-refractivity contribution is 5.89. The lowest BCUT2D eigenvalue weighted by Crippen LogP contribution is -2.41. The molecule has 0 radical (unpaired) electrons. The van der Waals surface area contributed by atoms with Gasteiger partial charge < -0.3 is 14.2 Å². The highest BCUT2D eigenvalue weighted by Gasteiger charge is 2.50. The van der Waals surface area contributed by atoms with Crippen molar-refractivity contribution >= 4 is 11.9 Å². The maximum atomic E-state index is 15.0. The number of benzene rings is 1. The Morgan fingerprint density at radius 2 is 1.82 bits per heavy atom. The molecular weight excluding hydrogens is 456 g/mol. The molecule has 0 spiro atoms. The summed E-state index contributed by atoms with van der Waals surface area (Å²) in [5.41, 5.74) is -3.75. The summed E-state index contributed by atoms with van der Waals surface area (Å²) in [5.74, 6) is -1.82. The second-order valence-electron chi connectivity index (χ2n) is 7.26. The Kier molecular flexibility index (Phi) is 6.72. The van der Waals surface area contributed by atoms with Gasteiger partial charge in [0.25, 0.3) is 5.56 Å². The van der Waals surface area contributed by atoms with E-state index in [1.807, 2.05) is 0 Å². The number of aromatic nitrogens is 2. The van der Waals surface area contributed by atoms with Gasteiger partial charge in [0.1, 0.15) is 18.3 Å². The third-order valence-electron chi connectivity index (χ3n) is 4.78. The maximum Gasteiger partial charge on any atom is 0.423 e.